The maximum Gasteiger partial charge on any atom is 0.232 e. The van der Waals surface area contributed by atoms with Gasteiger partial charge in [-0.15, -0.1) is 5.10 Å². The SMILES string of the molecule is CN(CCOc1ccc(Cl)cc1)C(=O)CSc1nnnn1C1CCCCC1. The molecule has 1 fully saturated rings. The van der Waals surface area contributed by atoms with Gasteiger partial charge in [-0.3, -0.25) is 4.79 Å². The molecule has 2 aromatic rings. The minimum Gasteiger partial charge on any atom is -0.492 e. The molecule has 146 valence electrons. The molecule has 0 spiro atoms. The van der Waals surface area contributed by atoms with Gasteiger partial charge in [0.1, 0.15) is 12.4 Å². The topological polar surface area (TPSA) is 73.1 Å². The van der Waals surface area contributed by atoms with Gasteiger partial charge in [0.25, 0.3) is 0 Å². The van der Waals surface area contributed by atoms with Crippen LogP contribution in [0, 0.1) is 0 Å². The highest BCUT2D eigenvalue weighted by molar-refractivity contribution is 7.99. The molecule has 27 heavy (non-hydrogen) atoms. The van der Waals surface area contributed by atoms with E-state index in [4.69, 9.17) is 16.3 Å². The molecule has 0 bridgehead atoms. The predicted molar refractivity (Wildman–Crippen MR) is 105 cm³/mol. The zero-order valence-electron chi connectivity index (χ0n) is 15.4. The van der Waals surface area contributed by atoms with Crippen molar-refractivity contribution < 1.29 is 9.53 Å². The molecule has 0 atom stereocenters. The highest BCUT2D eigenvalue weighted by atomic mass is 35.5. The third-order valence-corrected chi connectivity index (χ3v) is 5.81. The summed E-state index contributed by atoms with van der Waals surface area (Å²) in [4.78, 5) is 14.0. The van der Waals surface area contributed by atoms with Crippen molar-refractivity contribution >= 4 is 29.3 Å². The Morgan fingerprint density at radius 3 is 2.78 bits per heavy atom. The highest BCUT2D eigenvalue weighted by Crippen LogP contribution is 2.30. The largest absolute Gasteiger partial charge is 0.492 e. The number of hydrogen-bond acceptors (Lipinski definition) is 6. The Morgan fingerprint density at radius 1 is 1.30 bits per heavy atom. The fourth-order valence-corrected chi connectivity index (χ4v) is 4.04. The molecule has 1 aliphatic carbocycles. The van der Waals surface area contributed by atoms with Crippen molar-refractivity contribution in [2.24, 2.45) is 0 Å². The number of carbonyl (C=O) groups is 1. The first kappa shape index (κ1) is 19.9. The first-order valence-corrected chi connectivity index (χ1v) is 10.5. The third-order valence-electron chi connectivity index (χ3n) is 4.64. The summed E-state index contributed by atoms with van der Waals surface area (Å²) >= 11 is 7.24. The summed E-state index contributed by atoms with van der Waals surface area (Å²) in [5.41, 5.74) is 0. The number of thioether (sulfide) groups is 1. The molecule has 0 aliphatic heterocycles. The number of hydrogen-bond donors (Lipinski definition) is 0. The average Bonchev–Trinajstić information content (AvgIpc) is 3.17. The van der Waals surface area contributed by atoms with Gasteiger partial charge in [0.2, 0.25) is 11.1 Å². The van der Waals surface area contributed by atoms with E-state index in [1.54, 1.807) is 24.1 Å². The first-order valence-electron chi connectivity index (χ1n) is 9.16. The van der Waals surface area contributed by atoms with Crippen LogP contribution >= 0.6 is 23.4 Å². The number of halogens is 1. The van der Waals surface area contributed by atoms with Crippen molar-refractivity contribution in [1.82, 2.24) is 25.1 Å². The summed E-state index contributed by atoms with van der Waals surface area (Å²) in [6.07, 6.45) is 5.92. The van der Waals surface area contributed by atoms with Crippen LogP contribution in [-0.2, 0) is 4.79 Å². The molecule has 0 N–H and O–H groups in total. The van der Waals surface area contributed by atoms with Gasteiger partial charge in [0.05, 0.1) is 18.3 Å². The number of nitrogens with zero attached hydrogens (tertiary/aromatic N) is 5. The molecule has 0 unspecified atom stereocenters. The highest BCUT2D eigenvalue weighted by Gasteiger charge is 2.21. The van der Waals surface area contributed by atoms with Crippen LogP contribution in [0.4, 0.5) is 0 Å². The van der Waals surface area contributed by atoms with Crippen LogP contribution in [-0.4, -0.2) is 57.0 Å². The van der Waals surface area contributed by atoms with Crippen molar-refractivity contribution in [1.29, 1.82) is 0 Å². The lowest BCUT2D eigenvalue weighted by molar-refractivity contribution is -0.127. The number of tetrazole rings is 1. The average molecular weight is 410 g/mol. The summed E-state index contributed by atoms with van der Waals surface area (Å²) < 4.78 is 7.52. The second-order valence-electron chi connectivity index (χ2n) is 6.60. The first-order chi connectivity index (χ1) is 13.1. The van der Waals surface area contributed by atoms with Crippen LogP contribution in [0.15, 0.2) is 29.4 Å². The van der Waals surface area contributed by atoms with Gasteiger partial charge >= 0.3 is 0 Å². The normalized spacial score (nSPS) is 14.9. The van der Waals surface area contributed by atoms with Crippen LogP contribution in [0.3, 0.4) is 0 Å². The minimum atomic E-state index is 0.0258. The van der Waals surface area contributed by atoms with Gasteiger partial charge in [-0.2, -0.15) is 0 Å². The van der Waals surface area contributed by atoms with Gasteiger partial charge in [-0.25, -0.2) is 4.68 Å². The van der Waals surface area contributed by atoms with Gasteiger partial charge in [0.15, 0.2) is 0 Å². The van der Waals surface area contributed by atoms with E-state index in [9.17, 15) is 4.79 Å². The van der Waals surface area contributed by atoms with E-state index in [1.165, 1.54) is 31.0 Å². The molecule has 9 heteroatoms. The number of aromatic nitrogens is 4. The van der Waals surface area contributed by atoms with Crippen molar-refractivity contribution in [2.75, 3.05) is 26.0 Å². The Balaban J connectivity index is 1.42. The second kappa shape index (κ2) is 9.94. The Hall–Kier alpha value is -1.80. The molecule has 1 aromatic heterocycles. The lowest BCUT2D eigenvalue weighted by Gasteiger charge is -2.22. The van der Waals surface area contributed by atoms with Crippen molar-refractivity contribution in [3.05, 3.63) is 29.3 Å². The number of benzene rings is 1. The number of amides is 1. The van der Waals surface area contributed by atoms with Gasteiger partial charge in [-0.05, 0) is 47.5 Å². The summed E-state index contributed by atoms with van der Waals surface area (Å²) in [6, 6.07) is 7.53. The molecule has 3 rings (SSSR count). The minimum absolute atomic E-state index is 0.0258. The molecule has 1 amide bonds. The fourth-order valence-electron chi connectivity index (χ4n) is 3.03. The Morgan fingerprint density at radius 2 is 2.04 bits per heavy atom. The molecular weight excluding hydrogens is 386 g/mol. The van der Waals surface area contributed by atoms with Gasteiger partial charge < -0.3 is 9.64 Å². The zero-order chi connectivity index (χ0) is 19.1. The number of ether oxygens (including phenoxy) is 1. The molecule has 0 saturated heterocycles. The summed E-state index contributed by atoms with van der Waals surface area (Å²) in [5, 5.41) is 13.4. The van der Waals surface area contributed by atoms with Crippen LogP contribution in [0.1, 0.15) is 38.1 Å². The van der Waals surface area contributed by atoms with Crippen LogP contribution in [0.25, 0.3) is 0 Å². The van der Waals surface area contributed by atoms with E-state index in [-0.39, 0.29) is 5.91 Å². The van der Waals surface area contributed by atoms with E-state index >= 15 is 0 Å². The lowest BCUT2D eigenvalue weighted by Crippen LogP contribution is -2.32. The van der Waals surface area contributed by atoms with E-state index in [0.717, 1.165) is 23.7 Å². The predicted octanol–water partition coefficient (Wildman–Crippen LogP) is 3.46. The number of carbonyl (C=O) groups excluding carboxylic acids is 1. The maximum absolute atomic E-state index is 12.4. The Labute approximate surface area is 168 Å². The monoisotopic (exact) mass is 409 g/mol. The van der Waals surface area contributed by atoms with Crippen LogP contribution < -0.4 is 4.74 Å². The Bertz CT molecular complexity index is 734. The van der Waals surface area contributed by atoms with Crippen molar-refractivity contribution in [3.8, 4) is 5.75 Å². The van der Waals surface area contributed by atoms with Crippen molar-refractivity contribution in [3.63, 3.8) is 0 Å². The molecule has 0 radical (unpaired) electrons. The quantitative estimate of drug-likeness (QED) is 0.621. The molecule has 1 aliphatic rings. The lowest BCUT2D eigenvalue weighted by atomic mass is 9.96. The molecule has 1 aromatic carbocycles. The van der Waals surface area contributed by atoms with E-state index in [1.807, 2.05) is 16.8 Å². The number of likely N-dealkylation sites (N-methyl/N-ethyl adjacent to an activating group) is 1. The van der Waals surface area contributed by atoms with Gasteiger partial charge in [0, 0.05) is 12.1 Å². The number of rotatable bonds is 8. The molecule has 1 saturated carbocycles. The van der Waals surface area contributed by atoms with Gasteiger partial charge in [-0.1, -0.05) is 42.6 Å². The molecule has 1 heterocycles. The fraction of sp³-hybridized carbons (Fsp3) is 0.556. The summed E-state index contributed by atoms with van der Waals surface area (Å²) in [5.74, 6) is 1.07. The maximum atomic E-state index is 12.4. The smallest absolute Gasteiger partial charge is 0.232 e. The van der Waals surface area contributed by atoms with Crippen molar-refractivity contribution in [2.45, 2.75) is 43.3 Å². The van der Waals surface area contributed by atoms with E-state index in [0.29, 0.717) is 30.0 Å². The summed E-state index contributed by atoms with van der Waals surface area (Å²) in [7, 11) is 1.78. The van der Waals surface area contributed by atoms with E-state index in [2.05, 4.69) is 15.5 Å². The third kappa shape index (κ3) is 5.84. The van der Waals surface area contributed by atoms with Crippen LogP contribution in [0.2, 0.25) is 5.02 Å². The molecular formula is C18H24ClN5O2S. The van der Waals surface area contributed by atoms with Crippen LogP contribution in [0.5, 0.6) is 5.75 Å². The standard InChI is InChI=1S/C18H24ClN5O2S/c1-23(11-12-26-16-9-7-14(19)8-10-16)17(25)13-27-18-20-21-22-24(18)15-5-3-2-4-6-15/h7-10,15H,2-6,11-13H2,1H3. The molecule has 7 nitrogen and oxygen atoms in total. The zero-order valence-corrected chi connectivity index (χ0v) is 17.0. The Kier molecular flexibility index (Phi) is 7.34. The second-order valence-corrected chi connectivity index (χ2v) is 7.98. The summed E-state index contributed by atoms with van der Waals surface area (Å²) in [6.45, 7) is 0.934. The van der Waals surface area contributed by atoms with E-state index < -0.39 is 0 Å².